The van der Waals surface area contributed by atoms with E-state index in [1.54, 1.807) is 0 Å². The van der Waals surface area contributed by atoms with Crippen molar-refractivity contribution >= 4 is 11.9 Å². The number of esters is 1. The molecule has 16 heteroatoms. The molecule has 0 bridgehead atoms. The van der Waals surface area contributed by atoms with Gasteiger partial charge in [-0.1, -0.05) is 161 Å². The van der Waals surface area contributed by atoms with Crippen molar-refractivity contribution in [2.75, 3.05) is 13.2 Å². The predicted molar refractivity (Wildman–Crippen MR) is 171 cm³/mol. The highest BCUT2D eigenvalue weighted by atomic mass is 18.0. The summed E-state index contributed by atoms with van der Waals surface area (Å²) in [6, 6.07) is 0. The predicted octanol–water partition coefficient (Wildman–Crippen LogP) is 9.38. The van der Waals surface area contributed by atoms with E-state index in [4.69, 9.17) is 9.62 Å². The normalized spacial score (nSPS) is 11.1. The Morgan fingerprint density at radius 1 is 0.327 bits per heavy atom. The zero-order chi connectivity index (χ0) is 35.6. The molecule has 0 saturated heterocycles. The molecule has 0 aliphatic carbocycles. The molecule has 16 nitrogen and oxygen atoms in total. The molecule has 0 aliphatic rings. The Bertz CT molecular complexity index is 669. The standard InChI is InChI=1S/C33H60O16/c1-3-32(34)36-30-28-26-24-22-20-18-16-14-12-10-8-6-5-7-9-11-13-15-17-19-21-23-25-27-29-31-37-39-41-43-45-47-49-48-46-44-42-40-38-33(35)4-2/h3-4H,1-2,5-31H2. The lowest BCUT2D eigenvalue weighted by atomic mass is 10.0. The third-order valence-corrected chi connectivity index (χ3v) is 7.39. The average molecular weight is 713 g/mol. The second-order valence-corrected chi connectivity index (χ2v) is 11.4. The SMILES string of the molecule is C=CC(=O)OCCCCCCCCCCCCCCCCCCCCCCCCCCCOOOOOOOOOOOOOC(=O)C=C. The Morgan fingerprint density at radius 3 is 0.918 bits per heavy atom. The summed E-state index contributed by atoms with van der Waals surface area (Å²) in [7, 11) is 0. The van der Waals surface area contributed by atoms with Crippen molar-refractivity contribution in [2.45, 2.75) is 161 Å². The molecule has 0 N–H and O–H groups in total. The van der Waals surface area contributed by atoms with E-state index >= 15 is 0 Å². The van der Waals surface area contributed by atoms with Gasteiger partial charge in [0, 0.05) is 42.4 Å². The van der Waals surface area contributed by atoms with Gasteiger partial charge in [-0.2, -0.15) is 0 Å². The molecule has 0 saturated carbocycles. The minimum Gasteiger partial charge on any atom is -0.463 e. The van der Waals surface area contributed by atoms with E-state index < -0.39 is 5.97 Å². The maximum atomic E-state index is 10.9. The molecule has 0 heterocycles. The van der Waals surface area contributed by atoms with E-state index in [1.807, 2.05) is 0 Å². The third-order valence-electron chi connectivity index (χ3n) is 7.39. The number of unbranched alkanes of at least 4 members (excludes halogenated alkanes) is 24. The molecule has 0 radical (unpaired) electrons. The summed E-state index contributed by atoms with van der Waals surface area (Å²) in [5.74, 6) is -1.27. The van der Waals surface area contributed by atoms with E-state index in [2.05, 4.69) is 73.5 Å². The van der Waals surface area contributed by atoms with Crippen molar-refractivity contribution in [3.05, 3.63) is 25.3 Å². The lowest BCUT2D eigenvalue weighted by Gasteiger charge is -2.05. The van der Waals surface area contributed by atoms with Crippen molar-refractivity contribution in [1.82, 2.24) is 0 Å². The van der Waals surface area contributed by atoms with Crippen molar-refractivity contribution in [3.8, 4) is 0 Å². The van der Waals surface area contributed by atoms with Gasteiger partial charge in [0.1, 0.15) is 0 Å². The van der Waals surface area contributed by atoms with Crippen LogP contribution < -0.4 is 0 Å². The maximum absolute atomic E-state index is 10.9. The highest BCUT2D eigenvalue weighted by Crippen LogP contribution is 2.16. The van der Waals surface area contributed by atoms with Crippen LogP contribution in [-0.2, 0) is 79.5 Å². The lowest BCUT2D eigenvalue weighted by Crippen LogP contribution is -2.06. The van der Waals surface area contributed by atoms with Gasteiger partial charge in [-0.15, -0.1) is 0 Å². The monoisotopic (exact) mass is 712 g/mol. The van der Waals surface area contributed by atoms with Crippen molar-refractivity contribution < 1.29 is 79.5 Å². The van der Waals surface area contributed by atoms with E-state index in [9.17, 15) is 9.59 Å². The summed E-state index contributed by atoms with van der Waals surface area (Å²) >= 11 is 0. The summed E-state index contributed by atoms with van der Waals surface area (Å²) < 4.78 is 4.99. The Kier molecular flexibility index (Phi) is 40.3. The summed E-state index contributed by atoms with van der Waals surface area (Å²) in [5.41, 5.74) is 0. The van der Waals surface area contributed by atoms with Crippen LogP contribution in [0.3, 0.4) is 0 Å². The molecule has 0 aromatic rings. The van der Waals surface area contributed by atoms with E-state index in [-0.39, 0.29) is 5.97 Å². The van der Waals surface area contributed by atoms with Gasteiger partial charge >= 0.3 is 11.9 Å². The number of rotatable bonds is 42. The number of ether oxygens (including phenoxy) is 1. The molecule has 0 fully saturated rings. The molecular formula is C33H60O16. The first-order valence-corrected chi connectivity index (χ1v) is 17.8. The lowest BCUT2D eigenvalue weighted by molar-refractivity contribution is -0.868. The van der Waals surface area contributed by atoms with Crippen LogP contribution in [0.2, 0.25) is 0 Å². The minimum atomic E-state index is -0.951. The highest BCUT2D eigenvalue weighted by molar-refractivity contribution is 5.81. The second kappa shape index (κ2) is 42.1. The molecule has 288 valence electrons. The van der Waals surface area contributed by atoms with E-state index in [0.717, 1.165) is 38.2 Å². The van der Waals surface area contributed by atoms with Crippen LogP contribution in [0.5, 0.6) is 0 Å². The van der Waals surface area contributed by atoms with Gasteiger partial charge in [0.25, 0.3) is 0 Å². The Balaban J connectivity index is 3.07. The molecule has 0 aliphatic heterocycles. The van der Waals surface area contributed by atoms with Gasteiger partial charge in [-0.05, 0) is 38.0 Å². The molecule has 0 aromatic heterocycles. The Labute approximate surface area is 290 Å². The molecule has 0 rings (SSSR count). The Hall–Kier alpha value is -2.06. The smallest absolute Gasteiger partial charge is 0.368 e. The van der Waals surface area contributed by atoms with Crippen LogP contribution in [0.4, 0.5) is 0 Å². The molecule has 0 amide bonds. The molecular weight excluding hydrogens is 652 g/mol. The first kappa shape index (κ1) is 46.9. The van der Waals surface area contributed by atoms with Gasteiger partial charge < -0.3 is 4.74 Å². The van der Waals surface area contributed by atoms with E-state index in [1.165, 1.54) is 134 Å². The van der Waals surface area contributed by atoms with Crippen molar-refractivity contribution in [2.24, 2.45) is 0 Å². The number of carbonyl (C=O) groups is 2. The van der Waals surface area contributed by atoms with Crippen LogP contribution in [0.1, 0.15) is 161 Å². The summed E-state index contributed by atoms with van der Waals surface area (Å²) in [6.07, 6.45) is 33.9. The van der Waals surface area contributed by atoms with Gasteiger partial charge in [0.2, 0.25) is 0 Å². The molecule has 49 heavy (non-hydrogen) atoms. The quantitative estimate of drug-likeness (QED) is 0.0193. The van der Waals surface area contributed by atoms with Gasteiger partial charge in [-0.25, -0.2) is 14.5 Å². The van der Waals surface area contributed by atoms with Crippen LogP contribution in [0.25, 0.3) is 0 Å². The number of hydrogen-bond donors (Lipinski definition) is 0. The largest absolute Gasteiger partial charge is 0.463 e. The topological polar surface area (TPSA) is 163 Å². The zero-order valence-corrected chi connectivity index (χ0v) is 29.2. The fourth-order valence-corrected chi connectivity index (χ4v) is 4.80. The first-order valence-electron chi connectivity index (χ1n) is 17.8. The summed E-state index contributed by atoms with van der Waals surface area (Å²) in [5, 5.41) is 41.8. The van der Waals surface area contributed by atoms with Crippen LogP contribution in [0.15, 0.2) is 25.3 Å². The summed E-state index contributed by atoms with van der Waals surface area (Å²) in [4.78, 5) is 30.1. The molecule has 0 spiro atoms. The zero-order valence-electron chi connectivity index (χ0n) is 29.2. The van der Waals surface area contributed by atoms with Crippen LogP contribution in [0, 0.1) is 0 Å². The molecule has 0 unspecified atom stereocenters. The van der Waals surface area contributed by atoms with Crippen LogP contribution in [-0.4, -0.2) is 25.2 Å². The minimum absolute atomic E-state index is 0.308. The summed E-state index contributed by atoms with van der Waals surface area (Å²) in [6.45, 7) is 7.31. The van der Waals surface area contributed by atoms with Crippen molar-refractivity contribution in [3.63, 3.8) is 0 Å². The molecule has 0 aromatic carbocycles. The average Bonchev–Trinajstić information content (AvgIpc) is 3.11. The van der Waals surface area contributed by atoms with E-state index in [0.29, 0.717) is 13.2 Å². The Morgan fingerprint density at radius 2 is 0.592 bits per heavy atom. The maximum Gasteiger partial charge on any atom is 0.368 e. The first-order chi connectivity index (χ1) is 24.2. The third kappa shape index (κ3) is 42.0. The fourth-order valence-electron chi connectivity index (χ4n) is 4.80. The number of carbonyl (C=O) groups excluding carboxylic acids is 2. The molecule has 0 atom stereocenters. The van der Waals surface area contributed by atoms with Gasteiger partial charge in [0.15, 0.2) is 0 Å². The number of hydrogen-bond acceptors (Lipinski definition) is 16. The van der Waals surface area contributed by atoms with Gasteiger partial charge in [-0.3, -0.25) is 4.89 Å². The second-order valence-electron chi connectivity index (χ2n) is 11.4. The van der Waals surface area contributed by atoms with Crippen LogP contribution >= 0.6 is 0 Å². The highest BCUT2D eigenvalue weighted by Gasteiger charge is 2.02. The van der Waals surface area contributed by atoms with Gasteiger partial charge in [0.05, 0.1) is 13.2 Å². The fraction of sp³-hybridized carbons (Fsp3) is 0.818. The van der Waals surface area contributed by atoms with Crippen molar-refractivity contribution in [1.29, 1.82) is 0 Å².